The van der Waals surface area contributed by atoms with Crippen molar-refractivity contribution in [3.05, 3.63) is 58.4 Å². The summed E-state index contributed by atoms with van der Waals surface area (Å²) in [6, 6.07) is 11.5. The van der Waals surface area contributed by atoms with Gasteiger partial charge in [0, 0.05) is 17.1 Å². The second-order valence-electron chi connectivity index (χ2n) is 4.08. The Morgan fingerprint density at radius 1 is 1.35 bits per heavy atom. The fourth-order valence-corrected chi connectivity index (χ4v) is 2.05. The minimum absolute atomic E-state index is 0.281. The van der Waals surface area contributed by atoms with Gasteiger partial charge in [0.1, 0.15) is 11.6 Å². The van der Waals surface area contributed by atoms with E-state index in [4.69, 9.17) is 21.6 Å². The molecule has 0 saturated carbocycles. The van der Waals surface area contributed by atoms with E-state index in [9.17, 15) is 4.39 Å². The van der Waals surface area contributed by atoms with Gasteiger partial charge >= 0.3 is 0 Å². The Morgan fingerprint density at radius 3 is 2.80 bits per heavy atom. The van der Waals surface area contributed by atoms with Gasteiger partial charge in [-0.15, -0.1) is 0 Å². The first-order valence-electron chi connectivity index (χ1n) is 5.90. The first-order valence-corrected chi connectivity index (χ1v) is 6.28. The van der Waals surface area contributed by atoms with Gasteiger partial charge in [0.2, 0.25) is 0 Å². The van der Waals surface area contributed by atoms with Crippen LogP contribution in [0.3, 0.4) is 0 Å². The highest BCUT2D eigenvalue weighted by molar-refractivity contribution is 6.31. The number of nitrogens with one attached hydrogen (secondary N) is 1. The number of halogens is 2. The molecule has 3 nitrogen and oxygen atoms in total. The fraction of sp³-hybridized carbons (Fsp3) is 0.133. The number of methoxy groups -OCH3 is 1. The SMILES string of the molecule is COc1cccc(Cl)c1CNc1ccc(C#N)cc1F. The number of nitrogens with zero attached hydrogens (tertiary/aromatic N) is 1. The van der Waals surface area contributed by atoms with E-state index >= 15 is 0 Å². The monoisotopic (exact) mass is 290 g/mol. The summed E-state index contributed by atoms with van der Waals surface area (Å²) in [7, 11) is 1.55. The molecule has 0 heterocycles. The number of rotatable bonds is 4. The quantitative estimate of drug-likeness (QED) is 0.926. The molecule has 5 heteroatoms. The molecule has 0 radical (unpaired) electrons. The molecule has 0 amide bonds. The number of benzene rings is 2. The van der Waals surface area contributed by atoms with E-state index in [1.807, 2.05) is 6.07 Å². The molecular weight excluding hydrogens is 279 g/mol. The second-order valence-corrected chi connectivity index (χ2v) is 4.49. The molecule has 0 bridgehead atoms. The summed E-state index contributed by atoms with van der Waals surface area (Å²) in [4.78, 5) is 0. The van der Waals surface area contributed by atoms with Crippen LogP contribution in [-0.4, -0.2) is 7.11 Å². The van der Waals surface area contributed by atoms with Crippen molar-refractivity contribution in [3.63, 3.8) is 0 Å². The lowest BCUT2D eigenvalue weighted by Gasteiger charge is -2.12. The van der Waals surface area contributed by atoms with Crippen LogP contribution in [0.15, 0.2) is 36.4 Å². The normalized spacial score (nSPS) is 9.90. The van der Waals surface area contributed by atoms with Crippen LogP contribution in [0.1, 0.15) is 11.1 Å². The number of anilines is 1. The number of hydrogen-bond acceptors (Lipinski definition) is 3. The Morgan fingerprint density at radius 2 is 2.15 bits per heavy atom. The zero-order valence-electron chi connectivity index (χ0n) is 10.8. The zero-order chi connectivity index (χ0) is 14.5. The fourth-order valence-electron chi connectivity index (χ4n) is 1.81. The van der Waals surface area contributed by atoms with E-state index < -0.39 is 5.82 Å². The van der Waals surface area contributed by atoms with E-state index in [-0.39, 0.29) is 5.56 Å². The predicted octanol–water partition coefficient (Wildman–Crippen LogP) is 3.97. The molecule has 102 valence electrons. The van der Waals surface area contributed by atoms with Crippen molar-refractivity contribution < 1.29 is 9.13 Å². The third-order valence-electron chi connectivity index (χ3n) is 2.85. The minimum Gasteiger partial charge on any atom is -0.496 e. The molecule has 0 aromatic heterocycles. The van der Waals surface area contributed by atoms with E-state index in [0.717, 1.165) is 5.56 Å². The van der Waals surface area contributed by atoms with Crippen molar-refractivity contribution in [2.24, 2.45) is 0 Å². The standard InChI is InChI=1S/C15H12ClFN2O/c1-20-15-4-2-3-12(16)11(15)9-19-14-6-5-10(8-18)7-13(14)17/h2-7,19H,9H2,1H3. The third-order valence-corrected chi connectivity index (χ3v) is 3.20. The molecule has 0 fully saturated rings. The van der Waals surface area contributed by atoms with Crippen molar-refractivity contribution in [3.8, 4) is 11.8 Å². The van der Waals surface area contributed by atoms with Gasteiger partial charge in [-0.05, 0) is 30.3 Å². The number of ether oxygens (including phenoxy) is 1. The zero-order valence-corrected chi connectivity index (χ0v) is 11.5. The third kappa shape index (κ3) is 3.01. The molecular formula is C15H12ClFN2O. The summed E-state index contributed by atoms with van der Waals surface area (Å²) >= 11 is 6.11. The molecule has 0 aliphatic heterocycles. The van der Waals surface area contributed by atoms with Gasteiger partial charge in [0.15, 0.2) is 0 Å². The smallest absolute Gasteiger partial charge is 0.147 e. The molecule has 2 aromatic rings. The summed E-state index contributed by atoms with van der Waals surface area (Å²) in [5.41, 5.74) is 1.34. The summed E-state index contributed by atoms with van der Waals surface area (Å²) in [6.45, 7) is 0.325. The molecule has 2 aromatic carbocycles. The molecule has 0 unspecified atom stereocenters. The molecule has 1 N–H and O–H groups in total. The molecule has 0 saturated heterocycles. The van der Waals surface area contributed by atoms with Crippen molar-refractivity contribution in [2.45, 2.75) is 6.54 Å². The lowest BCUT2D eigenvalue weighted by molar-refractivity contribution is 0.410. The van der Waals surface area contributed by atoms with Gasteiger partial charge in [-0.25, -0.2) is 4.39 Å². The molecule has 20 heavy (non-hydrogen) atoms. The highest BCUT2D eigenvalue weighted by atomic mass is 35.5. The molecule has 0 aliphatic rings. The van der Waals surface area contributed by atoms with E-state index in [1.54, 1.807) is 31.4 Å². The Labute approximate surface area is 121 Å². The molecule has 0 spiro atoms. The highest BCUT2D eigenvalue weighted by Crippen LogP contribution is 2.27. The van der Waals surface area contributed by atoms with Crippen LogP contribution in [0.25, 0.3) is 0 Å². The second kappa shape index (κ2) is 6.27. The molecule has 0 atom stereocenters. The van der Waals surface area contributed by atoms with Gasteiger partial charge in [-0.3, -0.25) is 0 Å². The van der Waals surface area contributed by atoms with Crippen LogP contribution in [0.5, 0.6) is 5.75 Å². The maximum atomic E-state index is 13.7. The van der Waals surface area contributed by atoms with E-state index in [2.05, 4.69) is 5.32 Å². The summed E-state index contributed by atoms with van der Waals surface area (Å²) in [5, 5.41) is 12.2. The first-order chi connectivity index (χ1) is 9.65. The maximum Gasteiger partial charge on any atom is 0.147 e. The topological polar surface area (TPSA) is 45.0 Å². The van der Waals surface area contributed by atoms with Gasteiger partial charge in [0.25, 0.3) is 0 Å². The van der Waals surface area contributed by atoms with Crippen LogP contribution < -0.4 is 10.1 Å². The maximum absolute atomic E-state index is 13.7. The highest BCUT2D eigenvalue weighted by Gasteiger charge is 2.09. The van der Waals surface area contributed by atoms with Crippen LogP contribution in [-0.2, 0) is 6.54 Å². The van der Waals surface area contributed by atoms with Crippen molar-refractivity contribution >= 4 is 17.3 Å². The van der Waals surface area contributed by atoms with Gasteiger partial charge in [0.05, 0.1) is 24.4 Å². The van der Waals surface area contributed by atoms with Gasteiger partial charge < -0.3 is 10.1 Å². The summed E-state index contributed by atoms with van der Waals surface area (Å²) in [6.07, 6.45) is 0. The lowest BCUT2D eigenvalue weighted by Crippen LogP contribution is -2.04. The van der Waals surface area contributed by atoms with Gasteiger partial charge in [-0.2, -0.15) is 5.26 Å². The predicted molar refractivity (Wildman–Crippen MR) is 76.4 cm³/mol. The molecule has 2 rings (SSSR count). The molecule has 0 aliphatic carbocycles. The van der Waals surface area contributed by atoms with Crippen molar-refractivity contribution in [2.75, 3.05) is 12.4 Å². The van der Waals surface area contributed by atoms with Crippen LogP contribution >= 0.6 is 11.6 Å². The first kappa shape index (κ1) is 14.2. The average Bonchev–Trinajstić information content (AvgIpc) is 2.46. The van der Waals surface area contributed by atoms with Crippen LogP contribution in [0.4, 0.5) is 10.1 Å². The number of hydrogen-bond donors (Lipinski definition) is 1. The Balaban J connectivity index is 2.19. The Kier molecular flexibility index (Phi) is 4.44. The van der Waals surface area contributed by atoms with Crippen molar-refractivity contribution in [1.82, 2.24) is 0 Å². The van der Waals surface area contributed by atoms with Crippen LogP contribution in [0.2, 0.25) is 5.02 Å². The van der Waals surface area contributed by atoms with Crippen LogP contribution in [0, 0.1) is 17.1 Å². The lowest BCUT2D eigenvalue weighted by atomic mass is 10.1. The van der Waals surface area contributed by atoms with E-state index in [1.165, 1.54) is 12.1 Å². The summed E-state index contributed by atoms with van der Waals surface area (Å²) in [5.74, 6) is 0.161. The van der Waals surface area contributed by atoms with E-state index in [0.29, 0.717) is 23.0 Å². The minimum atomic E-state index is -0.477. The average molecular weight is 291 g/mol. The Hall–Kier alpha value is -2.25. The largest absolute Gasteiger partial charge is 0.496 e. The van der Waals surface area contributed by atoms with Crippen molar-refractivity contribution in [1.29, 1.82) is 5.26 Å². The Bertz CT molecular complexity index is 667. The number of nitriles is 1. The van der Waals surface area contributed by atoms with Gasteiger partial charge in [-0.1, -0.05) is 17.7 Å². The summed E-state index contributed by atoms with van der Waals surface area (Å²) < 4.78 is 19.0.